The van der Waals surface area contributed by atoms with Gasteiger partial charge in [0.15, 0.2) is 0 Å². The Morgan fingerprint density at radius 3 is 2.50 bits per heavy atom. The predicted molar refractivity (Wildman–Crippen MR) is 20.5 cm³/mol. The minimum Gasteiger partial charge on any atom is -0.214 e. The molecule has 0 radical (unpaired) electrons. The minimum absolute atomic E-state index is 0.106. The summed E-state index contributed by atoms with van der Waals surface area (Å²) in [6, 6.07) is 1.60. The lowest BCUT2D eigenvalue weighted by Crippen LogP contribution is -1.57. The Morgan fingerprint density at radius 1 is 2.00 bits per heavy atom. The number of halogens is 1. The van der Waals surface area contributed by atoms with Gasteiger partial charge in [-0.05, 0) is 6.92 Å². The zero-order valence-corrected chi connectivity index (χ0v) is 3.40. The van der Waals surface area contributed by atoms with E-state index in [2.05, 4.69) is 0 Å². The maximum absolute atomic E-state index is 11.0. The van der Waals surface area contributed by atoms with E-state index >= 15 is 0 Å². The maximum Gasteiger partial charge on any atom is 0.100 e. The van der Waals surface area contributed by atoms with Gasteiger partial charge in [-0.15, -0.1) is 0 Å². The SMILES string of the molecule is C/C(C#N)=C/F. The molecule has 1 nitrogen and oxygen atoms in total. The van der Waals surface area contributed by atoms with Crippen LogP contribution in [-0.4, -0.2) is 0 Å². The molecule has 0 aromatic carbocycles. The Morgan fingerprint density at radius 2 is 2.50 bits per heavy atom. The summed E-state index contributed by atoms with van der Waals surface area (Å²) in [5.41, 5.74) is 0.106. The molecular formula is C4H4FN. The van der Waals surface area contributed by atoms with Gasteiger partial charge in [-0.2, -0.15) is 5.26 Å². The van der Waals surface area contributed by atoms with Crippen LogP contribution in [0.3, 0.4) is 0 Å². The fourth-order valence-corrected chi connectivity index (χ4v) is 0.0244. The Bertz CT molecular complexity index is 98.6. The number of hydrogen-bond donors (Lipinski definition) is 0. The molecule has 32 valence electrons. The molecule has 0 amide bonds. The summed E-state index contributed by atoms with van der Waals surface area (Å²) < 4.78 is 11.0. The quantitative estimate of drug-likeness (QED) is 0.407. The van der Waals surface area contributed by atoms with Crippen molar-refractivity contribution in [3.63, 3.8) is 0 Å². The van der Waals surface area contributed by atoms with Crippen LogP contribution >= 0.6 is 0 Å². The van der Waals surface area contributed by atoms with E-state index in [1.807, 2.05) is 0 Å². The molecule has 0 spiro atoms. The van der Waals surface area contributed by atoms with Gasteiger partial charge in [-0.1, -0.05) is 0 Å². The molecule has 2 heteroatoms. The second-order valence-corrected chi connectivity index (χ2v) is 0.904. The van der Waals surface area contributed by atoms with Gasteiger partial charge < -0.3 is 0 Å². The molecule has 0 aliphatic heterocycles. The standard InChI is InChI=1S/C4H4FN/c1-4(2-5)3-6/h2H,1H3/b4-2-. The lowest BCUT2D eigenvalue weighted by molar-refractivity contribution is 0.714. The molecule has 0 saturated carbocycles. The molecule has 0 aromatic heterocycles. The van der Waals surface area contributed by atoms with Crippen LogP contribution in [0.15, 0.2) is 11.9 Å². The van der Waals surface area contributed by atoms with Crippen LogP contribution in [0, 0.1) is 11.3 Å². The summed E-state index contributed by atoms with van der Waals surface area (Å²) in [5, 5.41) is 7.78. The molecule has 0 aromatic rings. The predicted octanol–water partition coefficient (Wildman–Crippen LogP) is 1.38. The topological polar surface area (TPSA) is 23.8 Å². The van der Waals surface area contributed by atoms with Gasteiger partial charge in [0, 0.05) is 0 Å². The molecule has 0 atom stereocenters. The first-order chi connectivity index (χ1) is 2.81. The van der Waals surface area contributed by atoms with Gasteiger partial charge >= 0.3 is 0 Å². The molecule has 0 bridgehead atoms. The van der Waals surface area contributed by atoms with Gasteiger partial charge in [0.1, 0.15) is 6.33 Å². The van der Waals surface area contributed by atoms with Gasteiger partial charge in [0.2, 0.25) is 0 Å². The van der Waals surface area contributed by atoms with E-state index in [-0.39, 0.29) is 11.9 Å². The van der Waals surface area contributed by atoms with E-state index in [0.29, 0.717) is 0 Å². The normalized spacial score (nSPS) is 10.5. The van der Waals surface area contributed by atoms with Crippen molar-refractivity contribution in [2.75, 3.05) is 0 Å². The molecule has 0 fully saturated rings. The fourth-order valence-electron chi connectivity index (χ4n) is 0.0244. The average molecular weight is 85.1 g/mol. The highest BCUT2D eigenvalue weighted by atomic mass is 19.1. The highest BCUT2D eigenvalue weighted by Crippen LogP contribution is 1.85. The monoisotopic (exact) mass is 85.0 g/mol. The summed E-state index contributed by atoms with van der Waals surface area (Å²) >= 11 is 0. The molecule has 6 heavy (non-hydrogen) atoms. The number of nitrogens with zero attached hydrogens (tertiary/aromatic N) is 1. The van der Waals surface area contributed by atoms with Crippen molar-refractivity contribution in [1.82, 2.24) is 0 Å². The summed E-state index contributed by atoms with van der Waals surface area (Å²) in [4.78, 5) is 0. The summed E-state index contributed by atoms with van der Waals surface area (Å²) in [6.07, 6.45) is 0.278. The largest absolute Gasteiger partial charge is 0.214 e. The first-order valence-corrected chi connectivity index (χ1v) is 1.48. The van der Waals surface area contributed by atoms with Crippen molar-refractivity contribution in [1.29, 1.82) is 5.26 Å². The Balaban J connectivity index is 3.61. The minimum atomic E-state index is 0.106. The maximum atomic E-state index is 11.0. The summed E-state index contributed by atoms with van der Waals surface area (Å²) in [5.74, 6) is 0. The Labute approximate surface area is 35.7 Å². The number of rotatable bonds is 0. The van der Waals surface area contributed by atoms with Crippen LogP contribution in [0.2, 0.25) is 0 Å². The average Bonchev–Trinajstić information content (AvgIpc) is 1.65. The van der Waals surface area contributed by atoms with Crippen LogP contribution in [0.25, 0.3) is 0 Å². The first-order valence-electron chi connectivity index (χ1n) is 1.48. The van der Waals surface area contributed by atoms with Crippen molar-refractivity contribution >= 4 is 0 Å². The van der Waals surface area contributed by atoms with Crippen LogP contribution < -0.4 is 0 Å². The van der Waals surface area contributed by atoms with Crippen LogP contribution in [0.1, 0.15) is 6.92 Å². The van der Waals surface area contributed by atoms with Gasteiger partial charge in [-0.3, -0.25) is 0 Å². The molecular weight excluding hydrogens is 81.0 g/mol. The van der Waals surface area contributed by atoms with E-state index in [1.54, 1.807) is 6.07 Å². The van der Waals surface area contributed by atoms with Crippen molar-refractivity contribution in [3.05, 3.63) is 11.9 Å². The van der Waals surface area contributed by atoms with E-state index in [4.69, 9.17) is 5.26 Å². The highest BCUT2D eigenvalue weighted by molar-refractivity contribution is 5.13. The second-order valence-electron chi connectivity index (χ2n) is 0.904. The number of hydrogen-bond acceptors (Lipinski definition) is 1. The van der Waals surface area contributed by atoms with E-state index in [1.165, 1.54) is 6.92 Å². The third-order valence-corrected chi connectivity index (χ3v) is 0.340. The van der Waals surface area contributed by atoms with Gasteiger partial charge in [-0.25, -0.2) is 4.39 Å². The molecule has 0 unspecified atom stereocenters. The highest BCUT2D eigenvalue weighted by Gasteiger charge is 1.74. The van der Waals surface area contributed by atoms with Crippen molar-refractivity contribution < 1.29 is 4.39 Å². The zero-order chi connectivity index (χ0) is 4.99. The molecule has 0 rings (SSSR count). The summed E-state index contributed by atoms with van der Waals surface area (Å²) in [7, 11) is 0. The second kappa shape index (κ2) is 2.40. The van der Waals surface area contributed by atoms with Crippen LogP contribution in [0.5, 0.6) is 0 Å². The van der Waals surface area contributed by atoms with Crippen LogP contribution in [0.4, 0.5) is 4.39 Å². The van der Waals surface area contributed by atoms with Gasteiger partial charge in [0.05, 0.1) is 11.6 Å². The fraction of sp³-hybridized carbons (Fsp3) is 0.250. The Hall–Kier alpha value is -0.840. The lowest BCUT2D eigenvalue weighted by Gasteiger charge is -1.67. The molecule has 0 N–H and O–H groups in total. The van der Waals surface area contributed by atoms with E-state index < -0.39 is 0 Å². The van der Waals surface area contributed by atoms with Crippen molar-refractivity contribution in [3.8, 4) is 6.07 Å². The molecule has 0 heterocycles. The van der Waals surface area contributed by atoms with Gasteiger partial charge in [0.25, 0.3) is 0 Å². The number of allylic oxidation sites excluding steroid dienone is 1. The smallest absolute Gasteiger partial charge is 0.100 e. The first kappa shape index (κ1) is 5.16. The zero-order valence-electron chi connectivity index (χ0n) is 3.40. The van der Waals surface area contributed by atoms with E-state index in [0.717, 1.165) is 0 Å². The molecule has 0 saturated heterocycles. The third kappa shape index (κ3) is 1.48. The summed E-state index contributed by atoms with van der Waals surface area (Å²) in [6.45, 7) is 1.40. The third-order valence-electron chi connectivity index (χ3n) is 0.340. The van der Waals surface area contributed by atoms with Crippen LogP contribution in [-0.2, 0) is 0 Å². The van der Waals surface area contributed by atoms with Crippen molar-refractivity contribution in [2.45, 2.75) is 6.92 Å². The van der Waals surface area contributed by atoms with Crippen molar-refractivity contribution in [2.24, 2.45) is 0 Å². The number of nitriles is 1. The lowest BCUT2D eigenvalue weighted by atomic mass is 10.4. The van der Waals surface area contributed by atoms with E-state index in [9.17, 15) is 4.39 Å². The molecule has 0 aliphatic carbocycles. The Kier molecular flexibility index (Phi) is 2.06. The molecule has 0 aliphatic rings.